The van der Waals surface area contributed by atoms with Crippen LogP contribution >= 0.6 is 15.9 Å². The molecule has 0 radical (unpaired) electrons. The van der Waals surface area contributed by atoms with Gasteiger partial charge in [0.2, 0.25) is 5.91 Å². The lowest BCUT2D eigenvalue weighted by Gasteiger charge is -2.28. The van der Waals surface area contributed by atoms with Gasteiger partial charge in [0.05, 0.1) is 6.54 Å². The zero-order valence-electron chi connectivity index (χ0n) is 13.4. The molecule has 9 nitrogen and oxygen atoms in total. The van der Waals surface area contributed by atoms with Crippen molar-refractivity contribution in [3.8, 4) is 0 Å². The molecule has 25 heavy (non-hydrogen) atoms. The van der Waals surface area contributed by atoms with E-state index in [0.717, 1.165) is 17.3 Å². The van der Waals surface area contributed by atoms with E-state index in [0.29, 0.717) is 24.4 Å². The highest BCUT2D eigenvalue weighted by atomic mass is 79.9. The first kappa shape index (κ1) is 17.3. The fourth-order valence-corrected chi connectivity index (χ4v) is 3.15. The van der Waals surface area contributed by atoms with Gasteiger partial charge < -0.3 is 16.0 Å². The normalized spacial score (nSPS) is 15.6. The van der Waals surface area contributed by atoms with Crippen molar-refractivity contribution in [1.82, 2.24) is 31.3 Å². The Bertz CT molecular complexity index is 727. The summed E-state index contributed by atoms with van der Waals surface area (Å²) < 4.78 is 0.923. The number of aromatic amines is 1. The van der Waals surface area contributed by atoms with Crippen LogP contribution in [0.5, 0.6) is 0 Å². The van der Waals surface area contributed by atoms with Gasteiger partial charge in [-0.15, -0.1) is 10.2 Å². The molecule has 0 spiro atoms. The van der Waals surface area contributed by atoms with Crippen molar-refractivity contribution in [3.05, 3.63) is 34.6 Å². The van der Waals surface area contributed by atoms with Crippen molar-refractivity contribution >= 4 is 33.6 Å². The summed E-state index contributed by atoms with van der Waals surface area (Å²) >= 11 is 3.35. The van der Waals surface area contributed by atoms with Crippen LogP contribution in [0.1, 0.15) is 31.5 Å². The van der Waals surface area contributed by atoms with E-state index in [2.05, 4.69) is 52.5 Å². The molecule has 1 aromatic carbocycles. The molecule has 0 bridgehead atoms. The number of tetrazole rings is 1. The predicted molar refractivity (Wildman–Crippen MR) is 93.5 cm³/mol. The van der Waals surface area contributed by atoms with Gasteiger partial charge in [-0.3, -0.25) is 4.79 Å². The lowest BCUT2D eigenvalue weighted by molar-refractivity contribution is -0.127. The van der Waals surface area contributed by atoms with Crippen molar-refractivity contribution in [2.75, 3.05) is 5.32 Å². The Balaban J connectivity index is 1.62. The lowest BCUT2D eigenvalue weighted by atomic mass is 9.96. The number of nitrogens with one attached hydrogen (secondary N) is 4. The number of urea groups is 1. The number of hydrogen-bond donors (Lipinski definition) is 4. The number of aromatic nitrogens is 4. The van der Waals surface area contributed by atoms with Crippen molar-refractivity contribution in [2.24, 2.45) is 0 Å². The number of amides is 3. The summed E-state index contributed by atoms with van der Waals surface area (Å²) in [5.41, 5.74) is -0.260. The standard InChI is InChI=1S/C15H18BrN7O2/c16-10-3-5-11(6-4-10)18-14(25)19-15(7-1-2-8-15)13(24)17-9-12-20-22-23-21-12/h3-6H,1-2,7-9H2,(H,17,24)(H2,18,19,25)(H,20,21,22,23). The Morgan fingerprint density at radius 2 is 1.92 bits per heavy atom. The van der Waals surface area contributed by atoms with Crippen LogP contribution < -0.4 is 16.0 Å². The summed E-state index contributed by atoms with van der Waals surface area (Å²) in [6.45, 7) is 0.160. The number of rotatable bonds is 5. The van der Waals surface area contributed by atoms with E-state index >= 15 is 0 Å². The van der Waals surface area contributed by atoms with Crippen LogP contribution in [0.3, 0.4) is 0 Å². The minimum Gasteiger partial charge on any atom is -0.347 e. The molecule has 4 N–H and O–H groups in total. The second-order valence-electron chi connectivity index (χ2n) is 5.89. The largest absolute Gasteiger partial charge is 0.347 e. The summed E-state index contributed by atoms with van der Waals surface area (Å²) in [7, 11) is 0. The van der Waals surface area contributed by atoms with E-state index in [4.69, 9.17) is 0 Å². The quantitative estimate of drug-likeness (QED) is 0.600. The highest BCUT2D eigenvalue weighted by molar-refractivity contribution is 9.10. The van der Waals surface area contributed by atoms with E-state index in [9.17, 15) is 9.59 Å². The number of anilines is 1. The second kappa shape index (κ2) is 7.60. The first-order chi connectivity index (χ1) is 12.1. The summed E-state index contributed by atoms with van der Waals surface area (Å²) in [6.07, 6.45) is 2.96. The summed E-state index contributed by atoms with van der Waals surface area (Å²) in [5, 5.41) is 21.7. The molecule has 1 aromatic heterocycles. The minimum absolute atomic E-state index is 0.160. The highest BCUT2D eigenvalue weighted by Gasteiger charge is 2.42. The van der Waals surface area contributed by atoms with Crippen LogP contribution in [0.25, 0.3) is 0 Å². The molecule has 3 amide bonds. The topological polar surface area (TPSA) is 125 Å². The molecule has 0 atom stereocenters. The van der Waals surface area contributed by atoms with Gasteiger partial charge in [-0.25, -0.2) is 4.79 Å². The number of carbonyl (C=O) groups is 2. The van der Waals surface area contributed by atoms with Gasteiger partial charge in [0.15, 0.2) is 5.82 Å². The van der Waals surface area contributed by atoms with Crippen LogP contribution in [0, 0.1) is 0 Å². The molecule has 1 heterocycles. The summed E-state index contributed by atoms with van der Waals surface area (Å²) in [6, 6.07) is 6.82. The molecular formula is C15H18BrN7O2. The number of halogens is 1. The van der Waals surface area contributed by atoms with Gasteiger partial charge in [0.25, 0.3) is 0 Å². The van der Waals surface area contributed by atoms with E-state index < -0.39 is 11.6 Å². The molecular weight excluding hydrogens is 390 g/mol. The van der Waals surface area contributed by atoms with E-state index in [1.807, 2.05) is 12.1 Å². The molecule has 1 fully saturated rings. The van der Waals surface area contributed by atoms with Gasteiger partial charge >= 0.3 is 6.03 Å². The second-order valence-corrected chi connectivity index (χ2v) is 6.80. The molecule has 0 aliphatic heterocycles. The van der Waals surface area contributed by atoms with Crippen molar-refractivity contribution < 1.29 is 9.59 Å². The van der Waals surface area contributed by atoms with Crippen molar-refractivity contribution in [3.63, 3.8) is 0 Å². The number of hydrogen-bond acceptors (Lipinski definition) is 5. The molecule has 3 rings (SSSR count). The van der Waals surface area contributed by atoms with E-state index in [1.165, 1.54) is 0 Å². The Labute approximate surface area is 152 Å². The maximum absolute atomic E-state index is 12.6. The molecule has 1 aliphatic carbocycles. The lowest BCUT2D eigenvalue weighted by Crippen LogP contribution is -2.58. The van der Waals surface area contributed by atoms with Gasteiger partial charge in [0, 0.05) is 10.2 Å². The molecule has 2 aromatic rings. The number of H-pyrrole nitrogens is 1. The molecule has 0 unspecified atom stereocenters. The Hall–Kier alpha value is -2.49. The van der Waals surface area contributed by atoms with Crippen LogP contribution in [0.4, 0.5) is 10.5 Å². The van der Waals surface area contributed by atoms with Crippen LogP contribution in [-0.2, 0) is 11.3 Å². The van der Waals surface area contributed by atoms with Crippen LogP contribution in [-0.4, -0.2) is 38.1 Å². The molecule has 132 valence electrons. The smallest absolute Gasteiger partial charge is 0.320 e. The van der Waals surface area contributed by atoms with Gasteiger partial charge in [0.1, 0.15) is 5.54 Å². The fourth-order valence-electron chi connectivity index (χ4n) is 2.89. The van der Waals surface area contributed by atoms with Crippen molar-refractivity contribution in [2.45, 2.75) is 37.8 Å². The number of carbonyl (C=O) groups excluding carboxylic acids is 2. The average Bonchev–Trinajstić information content (AvgIpc) is 3.27. The zero-order valence-corrected chi connectivity index (χ0v) is 15.0. The molecule has 1 aliphatic rings. The maximum Gasteiger partial charge on any atom is 0.320 e. The third-order valence-corrected chi connectivity index (χ3v) is 4.67. The number of benzene rings is 1. The molecule has 10 heteroatoms. The Morgan fingerprint density at radius 1 is 1.20 bits per heavy atom. The monoisotopic (exact) mass is 407 g/mol. The SMILES string of the molecule is O=C(Nc1ccc(Br)cc1)NC1(C(=O)NCc2nn[nH]n2)CCCC1. The van der Waals surface area contributed by atoms with E-state index in [-0.39, 0.29) is 12.5 Å². The first-order valence-electron chi connectivity index (χ1n) is 7.93. The predicted octanol–water partition coefficient (Wildman–Crippen LogP) is 1.71. The Morgan fingerprint density at radius 3 is 2.56 bits per heavy atom. The van der Waals surface area contributed by atoms with Gasteiger partial charge in [-0.05, 0) is 37.1 Å². The third kappa shape index (κ3) is 4.32. The van der Waals surface area contributed by atoms with Gasteiger partial charge in [-0.1, -0.05) is 34.0 Å². The third-order valence-electron chi connectivity index (χ3n) is 4.14. The average molecular weight is 408 g/mol. The van der Waals surface area contributed by atoms with E-state index in [1.54, 1.807) is 12.1 Å². The molecule has 0 saturated heterocycles. The first-order valence-corrected chi connectivity index (χ1v) is 8.72. The summed E-state index contributed by atoms with van der Waals surface area (Å²) in [5.74, 6) is 0.154. The number of nitrogens with zero attached hydrogens (tertiary/aromatic N) is 3. The highest BCUT2D eigenvalue weighted by Crippen LogP contribution is 2.30. The molecule has 1 saturated carbocycles. The minimum atomic E-state index is -0.914. The summed E-state index contributed by atoms with van der Waals surface area (Å²) in [4.78, 5) is 25.0. The maximum atomic E-state index is 12.6. The van der Waals surface area contributed by atoms with Gasteiger partial charge in [-0.2, -0.15) is 5.21 Å². The Kier molecular flexibility index (Phi) is 5.27. The van der Waals surface area contributed by atoms with Crippen LogP contribution in [0.2, 0.25) is 0 Å². The van der Waals surface area contributed by atoms with Crippen molar-refractivity contribution in [1.29, 1.82) is 0 Å². The zero-order chi connectivity index (χ0) is 17.7. The fraction of sp³-hybridized carbons (Fsp3) is 0.400. The van der Waals surface area contributed by atoms with Crippen LogP contribution in [0.15, 0.2) is 28.7 Å².